The summed E-state index contributed by atoms with van der Waals surface area (Å²) in [6.45, 7) is 0.593. The Labute approximate surface area is 163 Å². The van der Waals surface area contributed by atoms with Crippen LogP contribution in [0.4, 0.5) is 10.1 Å². The first kappa shape index (κ1) is 18.2. The van der Waals surface area contributed by atoms with Crippen molar-refractivity contribution in [2.45, 2.75) is 18.5 Å². The summed E-state index contributed by atoms with van der Waals surface area (Å²) in [7, 11) is 0. The number of anilines is 1. The van der Waals surface area contributed by atoms with E-state index in [-0.39, 0.29) is 17.8 Å². The van der Waals surface area contributed by atoms with Crippen molar-refractivity contribution in [3.05, 3.63) is 95.8 Å². The molecule has 2 N–H and O–H groups in total. The van der Waals surface area contributed by atoms with Gasteiger partial charge in [0.1, 0.15) is 17.6 Å². The molecule has 0 aliphatic carbocycles. The predicted molar refractivity (Wildman–Crippen MR) is 107 cm³/mol. The fraction of sp³-hybridized carbons (Fsp3) is 0.174. The standard InChI is InChI=1S/C23H21FN2O2/c24-17-10-12-18(13-11-17)25-23(27)22(16-6-2-1-3-7-16)26-20-14-15-28-21-9-5-4-8-19(20)21/h1-13,20,22,26H,14-15H2,(H,25,27)/t20-,22-/m0/s1. The van der Waals surface area contributed by atoms with Gasteiger partial charge >= 0.3 is 0 Å². The van der Waals surface area contributed by atoms with Crippen molar-refractivity contribution in [2.24, 2.45) is 0 Å². The molecule has 3 aromatic carbocycles. The Hall–Kier alpha value is -3.18. The van der Waals surface area contributed by atoms with Crippen LogP contribution in [-0.2, 0) is 4.79 Å². The summed E-state index contributed by atoms with van der Waals surface area (Å²) < 4.78 is 18.9. The highest BCUT2D eigenvalue weighted by Gasteiger charge is 2.28. The molecule has 4 nitrogen and oxygen atoms in total. The highest BCUT2D eigenvalue weighted by atomic mass is 19.1. The van der Waals surface area contributed by atoms with Crippen molar-refractivity contribution in [1.82, 2.24) is 5.32 Å². The molecule has 0 saturated carbocycles. The molecule has 1 amide bonds. The van der Waals surface area contributed by atoms with Crippen molar-refractivity contribution < 1.29 is 13.9 Å². The molecule has 5 heteroatoms. The maximum Gasteiger partial charge on any atom is 0.246 e. The Kier molecular flexibility index (Phi) is 5.35. The molecule has 28 heavy (non-hydrogen) atoms. The average Bonchev–Trinajstić information content (AvgIpc) is 2.74. The summed E-state index contributed by atoms with van der Waals surface area (Å²) in [5.74, 6) is 0.313. The van der Waals surface area contributed by atoms with Gasteiger partial charge in [-0.2, -0.15) is 0 Å². The third-order valence-electron chi connectivity index (χ3n) is 4.83. The average molecular weight is 376 g/mol. The zero-order chi connectivity index (χ0) is 19.3. The van der Waals surface area contributed by atoms with Gasteiger partial charge in [0.2, 0.25) is 5.91 Å². The Morgan fingerprint density at radius 3 is 2.46 bits per heavy atom. The fourth-order valence-corrected chi connectivity index (χ4v) is 3.43. The molecule has 1 heterocycles. The number of amides is 1. The highest BCUT2D eigenvalue weighted by Crippen LogP contribution is 2.33. The lowest BCUT2D eigenvalue weighted by Crippen LogP contribution is -2.37. The molecule has 0 radical (unpaired) electrons. The molecule has 0 spiro atoms. The first-order chi connectivity index (χ1) is 13.7. The molecule has 2 atom stereocenters. The van der Waals surface area contributed by atoms with E-state index in [0.717, 1.165) is 23.3 Å². The van der Waals surface area contributed by atoms with Crippen LogP contribution in [-0.4, -0.2) is 12.5 Å². The van der Waals surface area contributed by atoms with E-state index >= 15 is 0 Å². The van der Waals surface area contributed by atoms with Gasteiger partial charge in [0, 0.05) is 23.7 Å². The fourth-order valence-electron chi connectivity index (χ4n) is 3.43. The van der Waals surface area contributed by atoms with Crippen molar-refractivity contribution in [1.29, 1.82) is 0 Å². The van der Waals surface area contributed by atoms with Crippen molar-refractivity contribution in [3.63, 3.8) is 0 Å². The lowest BCUT2D eigenvalue weighted by molar-refractivity contribution is -0.118. The van der Waals surface area contributed by atoms with Crippen LogP contribution in [0.15, 0.2) is 78.9 Å². The predicted octanol–water partition coefficient (Wildman–Crippen LogP) is 4.62. The number of halogens is 1. The van der Waals surface area contributed by atoms with Gasteiger partial charge in [-0.3, -0.25) is 10.1 Å². The second-order valence-corrected chi connectivity index (χ2v) is 6.73. The minimum absolute atomic E-state index is 0.00544. The SMILES string of the molecule is O=C(Nc1ccc(F)cc1)[C@@H](N[C@H]1CCOc2ccccc21)c1ccccc1. The lowest BCUT2D eigenvalue weighted by Gasteiger charge is -2.30. The van der Waals surface area contributed by atoms with E-state index in [4.69, 9.17) is 4.74 Å². The number of hydrogen-bond donors (Lipinski definition) is 2. The number of carbonyl (C=O) groups excluding carboxylic acids is 1. The molecular weight excluding hydrogens is 355 g/mol. The molecule has 0 bridgehead atoms. The van der Waals surface area contributed by atoms with E-state index < -0.39 is 6.04 Å². The van der Waals surface area contributed by atoms with Gasteiger partial charge in [0.15, 0.2) is 0 Å². The first-order valence-electron chi connectivity index (χ1n) is 9.30. The third-order valence-corrected chi connectivity index (χ3v) is 4.83. The first-order valence-corrected chi connectivity index (χ1v) is 9.30. The molecule has 4 rings (SSSR count). The van der Waals surface area contributed by atoms with E-state index in [0.29, 0.717) is 12.3 Å². The molecular formula is C23H21FN2O2. The van der Waals surface area contributed by atoms with Crippen LogP contribution in [0.3, 0.4) is 0 Å². The Morgan fingerprint density at radius 2 is 1.68 bits per heavy atom. The number of rotatable bonds is 5. The van der Waals surface area contributed by atoms with Gasteiger partial charge in [0.25, 0.3) is 0 Å². The van der Waals surface area contributed by atoms with E-state index in [1.165, 1.54) is 12.1 Å². The summed E-state index contributed by atoms with van der Waals surface area (Å²) in [6, 6.07) is 22.7. The number of carbonyl (C=O) groups is 1. The van der Waals surface area contributed by atoms with Crippen LogP contribution in [0.1, 0.15) is 29.6 Å². The Balaban J connectivity index is 1.60. The minimum atomic E-state index is -0.553. The molecule has 0 fully saturated rings. The monoisotopic (exact) mass is 376 g/mol. The van der Waals surface area contributed by atoms with E-state index in [1.807, 2.05) is 54.6 Å². The second kappa shape index (κ2) is 8.23. The van der Waals surface area contributed by atoms with Gasteiger partial charge < -0.3 is 10.1 Å². The molecule has 1 aliphatic rings. The van der Waals surface area contributed by atoms with Gasteiger partial charge in [-0.25, -0.2) is 4.39 Å². The largest absolute Gasteiger partial charge is 0.493 e. The maximum absolute atomic E-state index is 13.2. The molecule has 0 aromatic heterocycles. The zero-order valence-corrected chi connectivity index (χ0v) is 15.3. The van der Waals surface area contributed by atoms with Gasteiger partial charge in [-0.15, -0.1) is 0 Å². The maximum atomic E-state index is 13.2. The zero-order valence-electron chi connectivity index (χ0n) is 15.3. The number of fused-ring (bicyclic) bond motifs is 1. The summed E-state index contributed by atoms with van der Waals surface area (Å²) in [5.41, 5.74) is 2.47. The van der Waals surface area contributed by atoms with Gasteiger partial charge in [-0.05, 0) is 35.9 Å². The summed E-state index contributed by atoms with van der Waals surface area (Å²) in [4.78, 5) is 13.1. The topological polar surface area (TPSA) is 50.4 Å². The van der Waals surface area contributed by atoms with E-state index in [2.05, 4.69) is 10.6 Å². The van der Waals surface area contributed by atoms with Gasteiger partial charge in [0.05, 0.1) is 6.61 Å². The molecule has 142 valence electrons. The van der Waals surface area contributed by atoms with Crippen LogP contribution < -0.4 is 15.4 Å². The summed E-state index contributed by atoms with van der Waals surface area (Å²) in [6.07, 6.45) is 0.768. The molecule has 0 unspecified atom stereocenters. The number of benzene rings is 3. The van der Waals surface area contributed by atoms with Crippen LogP contribution in [0.2, 0.25) is 0 Å². The van der Waals surface area contributed by atoms with Gasteiger partial charge in [-0.1, -0.05) is 48.5 Å². The smallest absolute Gasteiger partial charge is 0.246 e. The molecule has 1 aliphatic heterocycles. The van der Waals surface area contributed by atoms with Crippen LogP contribution in [0.25, 0.3) is 0 Å². The number of para-hydroxylation sites is 1. The Bertz CT molecular complexity index is 944. The normalized spacial score (nSPS) is 16.5. The second-order valence-electron chi connectivity index (χ2n) is 6.73. The minimum Gasteiger partial charge on any atom is -0.493 e. The van der Waals surface area contributed by atoms with Crippen LogP contribution >= 0.6 is 0 Å². The third kappa shape index (κ3) is 4.05. The molecule has 0 saturated heterocycles. The van der Waals surface area contributed by atoms with E-state index in [1.54, 1.807) is 12.1 Å². The number of hydrogen-bond acceptors (Lipinski definition) is 3. The molecule has 3 aromatic rings. The Morgan fingerprint density at radius 1 is 0.964 bits per heavy atom. The lowest BCUT2D eigenvalue weighted by atomic mass is 9.97. The number of ether oxygens (including phenoxy) is 1. The summed E-state index contributed by atoms with van der Waals surface area (Å²) >= 11 is 0. The highest BCUT2D eigenvalue weighted by molar-refractivity contribution is 5.95. The van der Waals surface area contributed by atoms with Crippen molar-refractivity contribution in [3.8, 4) is 5.75 Å². The van der Waals surface area contributed by atoms with Crippen molar-refractivity contribution >= 4 is 11.6 Å². The van der Waals surface area contributed by atoms with Crippen LogP contribution in [0, 0.1) is 5.82 Å². The number of nitrogens with one attached hydrogen (secondary N) is 2. The quantitative estimate of drug-likeness (QED) is 0.683. The van der Waals surface area contributed by atoms with Crippen molar-refractivity contribution in [2.75, 3.05) is 11.9 Å². The summed E-state index contributed by atoms with van der Waals surface area (Å²) in [5, 5.41) is 6.38. The van der Waals surface area contributed by atoms with Crippen LogP contribution in [0.5, 0.6) is 5.75 Å². The van der Waals surface area contributed by atoms with E-state index in [9.17, 15) is 9.18 Å².